The Morgan fingerprint density at radius 2 is 1.66 bits per heavy atom. The maximum Gasteiger partial charge on any atom is 0.123 e. The van der Waals surface area contributed by atoms with E-state index < -0.39 is 0 Å². The summed E-state index contributed by atoms with van der Waals surface area (Å²) in [6.45, 7) is 14.2. The molecule has 0 unspecified atom stereocenters. The summed E-state index contributed by atoms with van der Waals surface area (Å²) in [7, 11) is 0. The topological polar surface area (TPSA) is 42.4 Å². The second-order valence-electron chi connectivity index (χ2n) is 9.78. The first kappa shape index (κ1) is 23.2. The Morgan fingerprint density at radius 3 is 2.21 bits per heavy atom. The number of unbranched alkanes of at least 4 members (excludes halogenated alkanes) is 2. The zero-order chi connectivity index (χ0) is 21.5. The normalized spacial score (nSPS) is 12.6. The number of ether oxygens (including phenoxy) is 1. The summed E-state index contributed by atoms with van der Waals surface area (Å²) in [6.07, 6.45) is 11.2. The highest BCUT2D eigenvalue weighted by molar-refractivity contribution is 5.50. The van der Waals surface area contributed by atoms with E-state index in [1.165, 1.54) is 0 Å². The standard InChI is InChI=1S/C26H37NO2/c1-25(2,3)22-16-21(17-23(24(22)28)26(4,5)6)19-29-15-10-8-7-9-12-20-13-11-14-27-18-20/h9,11-14,16-18,28H,7-8,10,15,19H2,1-6H3. The highest BCUT2D eigenvalue weighted by atomic mass is 16.5. The summed E-state index contributed by atoms with van der Waals surface area (Å²) in [4.78, 5) is 4.11. The number of hydrogen-bond acceptors (Lipinski definition) is 3. The molecule has 1 aromatic carbocycles. The molecule has 0 bridgehead atoms. The zero-order valence-electron chi connectivity index (χ0n) is 19.0. The third-order valence-corrected chi connectivity index (χ3v) is 4.96. The quantitative estimate of drug-likeness (QED) is 0.501. The molecule has 0 saturated carbocycles. The van der Waals surface area contributed by atoms with Gasteiger partial charge in [0.1, 0.15) is 5.75 Å². The van der Waals surface area contributed by atoms with E-state index in [9.17, 15) is 5.11 Å². The number of pyridine rings is 1. The lowest BCUT2D eigenvalue weighted by molar-refractivity contribution is 0.117. The maximum atomic E-state index is 10.8. The van der Waals surface area contributed by atoms with Gasteiger partial charge in [0.2, 0.25) is 0 Å². The largest absolute Gasteiger partial charge is 0.507 e. The van der Waals surface area contributed by atoms with Crippen molar-refractivity contribution >= 4 is 6.08 Å². The average molecular weight is 396 g/mol. The molecule has 2 aromatic rings. The van der Waals surface area contributed by atoms with E-state index in [1.54, 1.807) is 6.20 Å². The summed E-state index contributed by atoms with van der Waals surface area (Å²) in [6, 6.07) is 8.21. The van der Waals surface area contributed by atoms with Gasteiger partial charge in [-0.2, -0.15) is 0 Å². The van der Waals surface area contributed by atoms with Crippen LogP contribution in [0.25, 0.3) is 6.08 Å². The van der Waals surface area contributed by atoms with Crippen molar-refractivity contribution in [2.24, 2.45) is 0 Å². The number of allylic oxidation sites excluding steroid dienone is 1. The zero-order valence-corrected chi connectivity index (χ0v) is 19.0. The summed E-state index contributed by atoms with van der Waals surface area (Å²) >= 11 is 0. The van der Waals surface area contributed by atoms with E-state index in [2.05, 4.69) is 76.9 Å². The van der Waals surface area contributed by atoms with E-state index in [4.69, 9.17) is 4.74 Å². The van der Waals surface area contributed by atoms with Gasteiger partial charge in [-0.25, -0.2) is 0 Å². The predicted octanol–water partition coefficient (Wildman–Crippen LogP) is 6.78. The van der Waals surface area contributed by atoms with Crippen LogP contribution in [0.1, 0.15) is 83.1 Å². The molecule has 3 nitrogen and oxygen atoms in total. The molecule has 29 heavy (non-hydrogen) atoms. The monoisotopic (exact) mass is 395 g/mol. The first-order chi connectivity index (χ1) is 13.6. The predicted molar refractivity (Wildman–Crippen MR) is 122 cm³/mol. The highest BCUT2D eigenvalue weighted by Crippen LogP contribution is 2.39. The van der Waals surface area contributed by atoms with Gasteiger partial charge in [-0.3, -0.25) is 4.98 Å². The van der Waals surface area contributed by atoms with Crippen LogP contribution in [-0.2, 0) is 22.2 Å². The van der Waals surface area contributed by atoms with Crippen molar-refractivity contribution in [3.8, 4) is 5.75 Å². The maximum absolute atomic E-state index is 10.8. The summed E-state index contributed by atoms with van der Waals surface area (Å²) in [5.41, 5.74) is 4.03. The number of benzene rings is 1. The number of hydrogen-bond donors (Lipinski definition) is 1. The molecule has 1 aromatic heterocycles. The Labute approximate surface area is 176 Å². The molecule has 0 atom stereocenters. The van der Waals surface area contributed by atoms with Gasteiger partial charge in [0, 0.05) is 19.0 Å². The van der Waals surface area contributed by atoms with Crippen molar-refractivity contribution in [2.75, 3.05) is 6.61 Å². The number of nitrogens with zero attached hydrogens (tertiary/aromatic N) is 1. The van der Waals surface area contributed by atoms with Crippen LogP contribution < -0.4 is 0 Å². The SMILES string of the molecule is CC(C)(C)c1cc(COCCCCC=Cc2cccnc2)cc(C(C)(C)C)c1O. The van der Waals surface area contributed by atoms with E-state index in [0.717, 1.165) is 48.1 Å². The van der Waals surface area contributed by atoms with Crippen molar-refractivity contribution in [1.29, 1.82) is 0 Å². The van der Waals surface area contributed by atoms with Crippen LogP contribution in [0, 0.1) is 0 Å². The molecule has 0 radical (unpaired) electrons. The Bertz CT molecular complexity index is 761. The minimum atomic E-state index is -0.110. The number of rotatable bonds is 8. The van der Waals surface area contributed by atoms with Crippen molar-refractivity contribution < 1.29 is 9.84 Å². The Kier molecular flexibility index (Phi) is 8.04. The van der Waals surface area contributed by atoms with Gasteiger partial charge in [-0.15, -0.1) is 0 Å². The molecule has 0 saturated heterocycles. The Balaban J connectivity index is 1.86. The van der Waals surface area contributed by atoms with Crippen molar-refractivity contribution in [3.63, 3.8) is 0 Å². The third kappa shape index (κ3) is 7.32. The van der Waals surface area contributed by atoms with Crippen molar-refractivity contribution in [3.05, 3.63) is 65.0 Å². The smallest absolute Gasteiger partial charge is 0.123 e. The molecule has 1 heterocycles. The number of phenols is 1. The van der Waals surface area contributed by atoms with Crippen LogP contribution in [0.3, 0.4) is 0 Å². The fourth-order valence-electron chi connectivity index (χ4n) is 3.27. The number of phenolic OH excluding ortho intramolecular Hbond substituents is 1. The molecule has 0 aliphatic heterocycles. The highest BCUT2D eigenvalue weighted by Gasteiger charge is 2.26. The molecule has 0 aliphatic rings. The first-order valence-corrected chi connectivity index (χ1v) is 10.6. The van der Waals surface area contributed by atoms with Gasteiger partial charge in [-0.05, 0) is 70.5 Å². The van der Waals surface area contributed by atoms with Crippen LogP contribution in [0.4, 0.5) is 0 Å². The second-order valence-corrected chi connectivity index (χ2v) is 9.78. The van der Waals surface area contributed by atoms with Gasteiger partial charge in [0.15, 0.2) is 0 Å². The molecule has 0 amide bonds. The molecule has 0 fully saturated rings. The molecule has 0 aliphatic carbocycles. The summed E-state index contributed by atoms with van der Waals surface area (Å²) in [5.74, 6) is 0.425. The fraction of sp³-hybridized carbons (Fsp3) is 0.500. The van der Waals surface area contributed by atoms with Crippen molar-refractivity contribution in [1.82, 2.24) is 4.98 Å². The molecular weight excluding hydrogens is 358 g/mol. The van der Waals surface area contributed by atoms with Crippen molar-refractivity contribution in [2.45, 2.75) is 78.2 Å². The van der Waals surface area contributed by atoms with Gasteiger partial charge >= 0.3 is 0 Å². The second kappa shape index (κ2) is 10.1. The lowest BCUT2D eigenvalue weighted by atomic mass is 9.78. The lowest BCUT2D eigenvalue weighted by Crippen LogP contribution is -2.18. The third-order valence-electron chi connectivity index (χ3n) is 4.96. The van der Waals surface area contributed by atoms with E-state index in [1.807, 2.05) is 12.3 Å². The van der Waals surface area contributed by atoms with Crippen LogP contribution in [-0.4, -0.2) is 16.7 Å². The van der Waals surface area contributed by atoms with Gasteiger partial charge in [-0.1, -0.05) is 59.8 Å². The van der Waals surface area contributed by atoms with Gasteiger partial charge in [0.25, 0.3) is 0 Å². The minimum absolute atomic E-state index is 0.110. The first-order valence-electron chi connectivity index (χ1n) is 10.6. The van der Waals surface area contributed by atoms with Crippen LogP contribution >= 0.6 is 0 Å². The van der Waals surface area contributed by atoms with E-state index in [-0.39, 0.29) is 10.8 Å². The van der Waals surface area contributed by atoms with Crippen LogP contribution in [0.15, 0.2) is 42.7 Å². The summed E-state index contributed by atoms with van der Waals surface area (Å²) in [5, 5.41) is 10.8. The Morgan fingerprint density at radius 1 is 1.00 bits per heavy atom. The van der Waals surface area contributed by atoms with Crippen LogP contribution in [0.2, 0.25) is 0 Å². The number of aromatic hydroxyl groups is 1. The molecule has 0 spiro atoms. The molecule has 3 heteroatoms. The average Bonchev–Trinajstić information content (AvgIpc) is 2.64. The van der Waals surface area contributed by atoms with Crippen LogP contribution in [0.5, 0.6) is 5.75 Å². The molecule has 2 rings (SSSR count). The van der Waals surface area contributed by atoms with Gasteiger partial charge < -0.3 is 9.84 Å². The Hall–Kier alpha value is -2.13. The summed E-state index contributed by atoms with van der Waals surface area (Å²) < 4.78 is 5.94. The van der Waals surface area contributed by atoms with Gasteiger partial charge in [0.05, 0.1) is 6.61 Å². The number of aromatic nitrogens is 1. The lowest BCUT2D eigenvalue weighted by Gasteiger charge is -2.28. The molecule has 1 N–H and O–H groups in total. The fourth-order valence-corrected chi connectivity index (χ4v) is 3.27. The van der Waals surface area contributed by atoms with E-state index in [0.29, 0.717) is 12.4 Å². The minimum Gasteiger partial charge on any atom is -0.507 e. The van der Waals surface area contributed by atoms with E-state index >= 15 is 0 Å². The molecule has 158 valence electrons. The molecular formula is C26H37NO2.